The highest BCUT2D eigenvalue weighted by molar-refractivity contribution is 8.00. The van der Waals surface area contributed by atoms with Crippen molar-refractivity contribution < 1.29 is 4.79 Å². The molecule has 25 heavy (non-hydrogen) atoms. The summed E-state index contributed by atoms with van der Waals surface area (Å²) in [5.41, 5.74) is 1.02. The van der Waals surface area contributed by atoms with Crippen molar-refractivity contribution >= 4 is 29.3 Å². The van der Waals surface area contributed by atoms with Crippen LogP contribution >= 0.6 is 23.4 Å². The average molecular weight is 380 g/mol. The number of nitrogens with one attached hydrogen (secondary N) is 1. The highest BCUT2D eigenvalue weighted by Crippen LogP contribution is 2.31. The Morgan fingerprint density at radius 3 is 2.76 bits per heavy atom. The lowest BCUT2D eigenvalue weighted by atomic mass is 9.96. The molecule has 134 valence electrons. The van der Waals surface area contributed by atoms with E-state index in [4.69, 9.17) is 11.6 Å². The van der Waals surface area contributed by atoms with E-state index < -0.39 is 0 Å². The molecular formula is C17H22ClN5OS. The van der Waals surface area contributed by atoms with Gasteiger partial charge in [0.25, 0.3) is 0 Å². The lowest BCUT2D eigenvalue weighted by molar-refractivity contribution is -0.120. The van der Waals surface area contributed by atoms with E-state index in [2.05, 4.69) is 20.8 Å². The number of hydrogen-bond donors (Lipinski definition) is 1. The highest BCUT2D eigenvalue weighted by atomic mass is 35.5. The normalized spacial score (nSPS) is 16.6. The van der Waals surface area contributed by atoms with E-state index in [1.807, 2.05) is 35.9 Å². The van der Waals surface area contributed by atoms with Crippen LogP contribution in [-0.2, 0) is 11.3 Å². The standard InChI is InChI=1S/C17H22ClN5OS/c1-12(16(24)19-11-13-7-9-14(18)10-8-13)25-17-20-21-22-23(17)15-5-3-2-4-6-15/h7-10,12,15H,2-6,11H2,1H3,(H,19,24). The minimum atomic E-state index is -0.263. The van der Waals surface area contributed by atoms with E-state index in [0.29, 0.717) is 17.6 Å². The third-order valence-electron chi connectivity index (χ3n) is 4.41. The van der Waals surface area contributed by atoms with Gasteiger partial charge < -0.3 is 5.32 Å². The number of hydrogen-bond acceptors (Lipinski definition) is 5. The molecule has 0 radical (unpaired) electrons. The first-order chi connectivity index (χ1) is 12.1. The summed E-state index contributed by atoms with van der Waals surface area (Å²) in [5, 5.41) is 16.2. The summed E-state index contributed by atoms with van der Waals surface area (Å²) >= 11 is 7.28. The topological polar surface area (TPSA) is 72.7 Å². The highest BCUT2D eigenvalue weighted by Gasteiger charge is 2.23. The fourth-order valence-electron chi connectivity index (χ4n) is 2.96. The van der Waals surface area contributed by atoms with Crippen molar-refractivity contribution in [1.82, 2.24) is 25.5 Å². The van der Waals surface area contributed by atoms with Crippen LogP contribution in [0.2, 0.25) is 5.02 Å². The molecular weight excluding hydrogens is 358 g/mol. The molecule has 6 nitrogen and oxygen atoms in total. The smallest absolute Gasteiger partial charge is 0.233 e. The molecule has 0 spiro atoms. The fourth-order valence-corrected chi connectivity index (χ4v) is 3.97. The summed E-state index contributed by atoms with van der Waals surface area (Å²) in [6.45, 7) is 2.36. The van der Waals surface area contributed by atoms with Crippen molar-refractivity contribution in [3.05, 3.63) is 34.9 Å². The van der Waals surface area contributed by atoms with Gasteiger partial charge in [-0.1, -0.05) is 54.8 Å². The van der Waals surface area contributed by atoms with Gasteiger partial charge in [-0.05, 0) is 47.9 Å². The van der Waals surface area contributed by atoms with Gasteiger partial charge in [0.1, 0.15) is 0 Å². The van der Waals surface area contributed by atoms with Gasteiger partial charge >= 0.3 is 0 Å². The fraction of sp³-hybridized carbons (Fsp3) is 0.529. The molecule has 1 saturated carbocycles. The van der Waals surface area contributed by atoms with Crippen molar-refractivity contribution in [1.29, 1.82) is 0 Å². The molecule has 1 aromatic heterocycles. The van der Waals surface area contributed by atoms with E-state index in [1.165, 1.54) is 31.0 Å². The van der Waals surface area contributed by atoms with Crippen LogP contribution in [0.1, 0.15) is 50.6 Å². The van der Waals surface area contributed by atoms with Crippen LogP contribution in [0.5, 0.6) is 0 Å². The quantitative estimate of drug-likeness (QED) is 0.776. The molecule has 0 bridgehead atoms. The number of carbonyl (C=O) groups is 1. The zero-order chi connectivity index (χ0) is 17.6. The number of nitrogens with zero attached hydrogens (tertiary/aromatic N) is 4. The van der Waals surface area contributed by atoms with E-state index in [1.54, 1.807) is 0 Å². The van der Waals surface area contributed by atoms with E-state index in [0.717, 1.165) is 23.6 Å². The van der Waals surface area contributed by atoms with Crippen LogP contribution in [0, 0.1) is 0 Å². The molecule has 1 unspecified atom stereocenters. The Kier molecular flexibility index (Phi) is 6.31. The van der Waals surface area contributed by atoms with Gasteiger partial charge in [0.05, 0.1) is 11.3 Å². The third kappa shape index (κ3) is 4.95. The molecule has 1 amide bonds. The lowest BCUT2D eigenvalue weighted by Crippen LogP contribution is -2.30. The molecule has 1 N–H and O–H groups in total. The van der Waals surface area contributed by atoms with Crippen LogP contribution < -0.4 is 5.32 Å². The number of thioether (sulfide) groups is 1. The molecule has 1 aliphatic rings. The van der Waals surface area contributed by atoms with Crippen molar-refractivity contribution in [3.63, 3.8) is 0 Å². The molecule has 0 saturated heterocycles. The second-order valence-electron chi connectivity index (χ2n) is 6.30. The first kappa shape index (κ1) is 18.2. The summed E-state index contributed by atoms with van der Waals surface area (Å²) < 4.78 is 1.90. The molecule has 1 aliphatic carbocycles. The molecule has 1 atom stereocenters. The summed E-state index contributed by atoms with van der Waals surface area (Å²) in [5.74, 6) is -0.0295. The van der Waals surface area contributed by atoms with Gasteiger partial charge in [-0.3, -0.25) is 4.79 Å². The Morgan fingerprint density at radius 1 is 1.32 bits per heavy atom. The number of rotatable bonds is 6. The number of halogens is 1. The van der Waals surface area contributed by atoms with E-state index in [9.17, 15) is 4.79 Å². The largest absolute Gasteiger partial charge is 0.351 e. The summed E-state index contributed by atoms with van der Waals surface area (Å²) in [6.07, 6.45) is 5.92. The van der Waals surface area contributed by atoms with Crippen LogP contribution in [0.4, 0.5) is 0 Å². The number of amides is 1. The first-order valence-corrected chi connectivity index (χ1v) is 9.86. The molecule has 1 heterocycles. The number of aromatic nitrogens is 4. The number of carbonyl (C=O) groups excluding carboxylic acids is 1. The second kappa shape index (κ2) is 8.67. The molecule has 0 aliphatic heterocycles. The second-order valence-corrected chi connectivity index (χ2v) is 8.05. The zero-order valence-electron chi connectivity index (χ0n) is 14.2. The van der Waals surface area contributed by atoms with Gasteiger partial charge in [0, 0.05) is 11.6 Å². The molecule has 2 aromatic rings. The number of benzene rings is 1. The maximum atomic E-state index is 12.4. The van der Waals surface area contributed by atoms with Gasteiger partial charge in [-0.15, -0.1) is 5.10 Å². The van der Waals surface area contributed by atoms with Crippen molar-refractivity contribution in [2.45, 2.75) is 62.0 Å². The SMILES string of the molecule is CC(Sc1nnnn1C1CCCCC1)C(=O)NCc1ccc(Cl)cc1. The van der Waals surface area contributed by atoms with Gasteiger partial charge in [0.15, 0.2) is 0 Å². The van der Waals surface area contributed by atoms with Gasteiger partial charge in [-0.25, -0.2) is 4.68 Å². The Hall–Kier alpha value is -1.60. The maximum Gasteiger partial charge on any atom is 0.233 e. The molecule has 8 heteroatoms. The van der Waals surface area contributed by atoms with Gasteiger partial charge in [-0.2, -0.15) is 0 Å². The van der Waals surface area contributed by atoms with Crippen LogP contribution in [0.15, 0.2) is 29.4 Å². The molecule has 3 rings (SSSR count). The minimum Gasteiger partial charge on any atom is -0.351 e. The predicted octanol–water partition coefficient (Wildman–Crippen LogP) is 3.63. The van der Waals surface area contributed by atoms with Gasteiger partial charge in [0.2, 0.25) is 11.1 Å². The maximum absolute atomic E-state index is 12.4. The monoisotopic (exact) mass is 379 g/mol. The summed E-state index contributed by atoms with van der Waals surface area (Å²) in [7, 11) is 0. The Balaban J connectivity index is 1.54. The third-order valence-corrected chi connectivity index (χ3v) is 5.71. The number of tetrazole rings is 1. The van der Waals surface area contributed by atoms with Crippen LogP contribution in [0.3, 0.4) is 0 Å². The average Bonchev–Trinajstić information content (AvgIpc) is 3.09. The van der Waals surface area contributed by atoms with Crippen molar-refractivity contribution in [2.75, 3.05) is 0 Å². The van der Waals surface area contributed by atoms with Crippen LogP contribution in [0.25, 0.3) is 0 Å². The molecule has 1 aromatic carbocycles. The minimum absolute atomic E-state index is 0.0295. The van der Waals surface area contributed by atoms with Crippen molar-refractivity contribution in [3.8, 4) is 0 Å². The molecule has 1 fully saturated rings. The summed E-state index contributed by atoms with van der Waals surface area (Å²) in [6, 6.07) is 7.81. The Morgan fingerprint density at radius 2 is 2.04 bits per heavy atom. The summed E-state index contributed by atoms with van der Waals surface area (Å²) in [4.78, 5) is 12.4. The Bertz CT molecular complexity index is 699. The first-order valence-electron chi connectivity index (χ1n) is 8.60. The predicted molar refractivity (Wildman–Crippen MR) is 98.6 cm³/mol. The van der Waals surface area contributed by atoms with Crippen molar-refractivity contribution in [2.24, 2.45) is 0 Å². The Labute approximate surface area is 156 Å². The lowest BCUT2D eigenvalue weighted by Gasteiger charge is -2.22. The van der Waals surface area contributed by atoms with E-state index >= 15 is 0 Å². The van der Waals surface area contributed by atoms with E-state index in [-0.39, 0.29) is 11.2 Å². The zero-order valence-corrected chi connectivity index (χ0v) is 15.8. The van der Waals surface area contributed by atoms with Crippen LogP contribution in [-0.4, -0.2) is 31.4 Å².